The zero-order valence-corrected chi connectivity index (χ0v) is 22.8. The molecule has 2 amide bonds. The van der Waals surface area contributed by atoms with Crippen LogP contribution in [-0.4, -0.2) is 39.7 Å². The van der Waals surface area contributed by atoms with Crippen LogP contribution in [0.4, 0.5) is 5.13 Å². The molecule has 0 aliphatic heterocycles. The first-order chi connectivity index (χ1) is 16.4. The number of fused-ring (bicyclic) bond motifs is 2. The molecule has 0 bridgehead atoms. The van der Waals surface area contributed by atoms with Gasteiger partial charge in [0.2, 0.25) is 11.8 Å². The number of carbonyl (C=O) groups is 2. The molecule has 5 unspecified atom stereocenters. The summed E-state index contributed by atoms with van der Waals surface area (Å²) in [5.41, 5.74) is -0.661. The van der Waals surface area contributed by atoms with E-state index in [0.717, 1.165) is 21.9 Å². The van der Waals surface area contributed by atoms with Crippen molar-refractivity contribution in [2.45, 2.75) is 78.9 Å². The van der Waals surface area contributed by atoms with Gasteiger partial charge >= 0.3 is 0 Å². The molecule has 2 aliphatic carbocycles. The Morgan fingerprint density at radius 1 is 1.29 bits per heavy atom. The zero-order chi connectivity index (χ0) is 25.6. The number of thiophene rings is 1. The van der Waals surface area contributed by atoms with Crippen LogP contribution in [0.1, 0.15) is 75.2 Å². The summed E-state index contributed by atoms with van der Waals surface area (Å²) in [6.45, 7) is 10.1. The van der Waals surface area contributed by atoms with Gasteiger partial charge in [0.25, 0.3) is 0 Å². The third-order valence-electron chi connectivity index (χ3n) is 8.22. The van der Waals surface area contributed by atoms with Gasteiger partial charge in [0.1, 0.15) is 0 Å². The quantitative estimate of drug-likeness (QED) is 0.454. The normalized spacial score (nSPS) is 30.3. The van der Waals surface area contributed by atoms with Crippen molar-refractivity contribution in [3.05, 3.63) is 33.0 Å². The average Bonchev–Trinajstić information content (AvgIpc) is 3.45. The second kappa shape index (κ2) is 9.57. The van der Waals surface area contributed by atoms with E-state index in [1.807, 2.05) is 45.2 Å². The van der Waals surface area contributed by atoms with Crippen LogP contribution in [0.3, 0.4) is 0 Å². The van der Waals surface area contributed by atoms with E-state index in [9.17, 15) is 19.8 Å². The minimum absolute atomic E-state index is 0.0158. The first-order valence-corrected chi connectivity index (χ1v) is 14.0. The molecular formula is C26H37N3O4S2. The maximum atomic E-state index is 13.1. The van der Waals surface area contributed by atoms with Crippen molar-refractivity contribution < 1.29 is 19.8 Å². The largest absolute Gasteiger partial charge is 0.396 e. The Hall–Kier alpha value is -1.81. The highest BCUT2D eigenvalue weighted by Crippen LogP contribution is 2.62. The number of hydrogen-bond acceptors (Lipinski definition) is 7. The molecule has 1 fully saturated rings. The Balaban J connectivity index is 1.67. The molecule has 2 aromatic rings. The fraction of sp³-hybridized carbons (Fsp3) is 0.654. The van der Waals surface area contributed by atoms with Crippen molar-refractivity contribution in [2.24, 2.45) is 22.2 Å². The van der Waals surface area contributed by atoms with Gasteiger partial charge in [-0.2, -0.15) is 0 Å². The van der Waals surface area contributed by atoms with E-state index in [2.05, 4.69) is 17.6 Å². The molecule has 4 N–H and O–H groups in total. The van der Waals surface area contributed by atoms with Crippen LogP contribution < -0.4 is 10.6 Å². The van der Waals surface area contributed by atoms with Gasteiger partial charge in [-0.05, 0) is 42.0 Å². The molecule has 0 saturated heterocycles. The summed E-state index contributed by atoms with van der Waals surface area (Å²) in [5, 5.41) is 29.8. The van der Waals surface area contributed by atoms with Crippen LogP contribution >= 0.6 is 22.7 Å². The van der Waals surface area contributed by atoms with Crippen LogP contribution in [0.5, 0.6) is 0 Å². The number of thiazole rings is 1. The number of aliphatic hydroxyl groups excluding tert-OH is 2. The standard InChI is InChI=1S/C26H37N3O4S2/c1-24(2,3)22(33)29-23-28-21-16(11-20(32)27-13-15-7-6-10-34-15)25(4)9-8-19(31)26(5,14-30)18(25)12-17(21)35-23/h6-7,10,16,18-19,30-31H,8-9,11-14H2,1-5H3,(H,27,32)(H,28,29,33). The Kier molecular flexibility index (Phi) is 7.18. The number of nitrogens with zero attached hydrogens (tertiary/aromatic N) is 1. The molecule has 7 nitrogen and oxygen atoms in total. The lowest BCUT2D eigenvalue weighted by Gasteiger charge is -2.58. The molecule has 9 heteroatoms. The molecule has 1 saturated carbocycles. The third kappa shape index (κ3) is 4.92. The monoisotopic (exact) mass is 519 g/mol. The SMILES string of the molecule is CC(C)(C)C(=O)Nc1nc2c(s1)CC1C(C)(CO)C(O)CCC1(C)C2CC(=O)NCc1cccs1. The third-order valence-corrected chi connectivity index (χ3v) is 10.1. The molecular weight excluding hydrogens is 482 g/mol. The zero-order valence-electron chi connectivity index (χ0n) is 21.2. The highest BCUT2D eigenvalue weighted by Gasteiger charge is 2.59. The molecule has 4 rings (SSSR count). The van der Waals surface area contributed by atoms with E-state index in [1.54, 1.807) is 11.3 Å². The molecule has 5 atom stereocenters. The molecule has 192 valence electrons. The molecule has 35 heavy (non-hydrogen) atoms. The summed E-state index contributed by atoms with van der Waals surface area (Å²) in [4.78, 5) is 32.8. The second-order valence-corrected chi connectivity index (χ2v) is 13.7. The number of aliphatic hydroxyl groups is 2. The molecule has 2 heterocycles. The van der Waals surface area contributed by atoms with E-state index < -0.39 is 16.9 Å². The minimum Gasteiger partial charge on any atom is -0.396 e. The number of rotatable bonds is 6. The number of hydrogen-bond donors (Lipinski definition) is 4. The van der Waals surface area contributed by atoms with Gasteiger partial charge in [-0.3, -0.25) is 9.59 Å². The smallest absolute Gasteiger partial charge is 0.231 e. The van der Waals surface area contributed by atoms with Gasteiger partial charge in [-0.1, -0.05) is 40.7 Å². The Morgan fingerprint density at radius 3 is 2.66 bits per heavy atom. The van der Waals surface area contributed by atoms with Crippen LogP contribution in [0, 0.1) is 22.2 Å². The molecule has 0 radical (unpaired) electrons. The van der Waals surface area contributed by atoms with Crippen molar-refractivity contribution in [3.8, 4) is 0 Å². The van der Waals surface area contributed by atoms with Crippen molar-refractivity contribution in [2.75, 3.05) is 11.9 Å². The average molecular weight is 520 g/mol. The topological polar surface area (TPSA) is 112 Å². The first kappa shape index (κ1) is 26.3. The van der Waals surface area contributed by atoms with Crippen LogP contribution in [0.2, 0.25) is 0 Å². The van der Waals surface area contributed by atoms with Gasteiger partial charge < -0.3 is 20.8 Å². The van der Waals surface area contributed by atoms with Gasteiger partial charge in [-0.15, -0.1) is 22.7 Å². The van der Waals surface area contributed by atoms with Gasteiger partial charge in [0.15, 0.2) is 5.13 Å². The Labute approximate surface area is 215 Å². The van der Waals surface area contributed by atoms with Gasteiger partial charge in [0.05, 0.1) is 24.9 Å². The molecule has 2 aliphatic rings. The number of amides is 2. The van der Waals surface area contributed by atoms with Crippen molar-refractivity contribution in [3.63, 3.8) is 0 Å². The van der Waals surface area contributed by atoms with Crippen LogP contribution in [0.25, 0.3) is 0 Å². The predicted molar refractivity (Wildman–Crippen MR) is 139 cm³/mol. The van der Waals surface area contributed by atoms with E-state index >= 15 is 0 Å². The summed E-state index contributed by atoms with van der Waals surface area (Å²) in [7, 11) is 0. The molecule has 2 aromatic heterocycles. The van der Waals surface area contributed by atoms with E-state index in [-0.39, 0.29) is 42.1 Å². The summed E-state index contributed by atoms with van der Waals surface area (Å²) < 4.78 is 0. The van der Waals surface area contributed by atoms with Crippen molar-refractivity contribution in [1.82, 2.24) is 10.3 Å². The maximum Gasteiger partial charge on any atom is 0.231 e. The van der Waals surface area contributed by atoms with E-state index in [0.29, 0.717) is 24.5 Å². The lowest BCUT2D eigenvalue weighted by molar-refractivity contribution is -0.144. The second-order valence-electron chi connectivity index (χ2n) is 11.6. The summed E-state index contributed by atoms with van der Waals surface area (Å²) in [6.07, 6.45) is 1.66. The fourth-order valence-corrected chi connectivity index (χ4v) is 7.55. The number of anilines is 1. The van der Waals surface area contributed by atoms with Crippen molar-refractivity contribution in [1.29, 1.82) is 0 Å². The summed E-state index contributed by atoms with van der Waals surface area (Å²) >= 11 is 3.06. The summed E-state index contributed by atoms with van der Waals surface area (Å²) in [6, 6.07) is 3.97. The lowest BCUT2D eigenvalue weighted by atomic mass is 9.47. The fourth-order valence-electron chi connectivity index (χ4n) is 5.84. The predicted octanol–water partition coefficient (Wildman–Crippen LogP) is 4.31. The summed E-state index contributed by atoms with van der Waals surface area (Å²) in [5.74, 6) is -0.332. The van der Waals surface area contributed by atoms with E-state index in [4.69, 9.17) is 4.98 Å². The molecule has 0 aromatic carbocycles. The number of carbonyl (C=O) groups excluding carboxylic acids is 2. The van der Waals surface area contributed by atoms with Crippen molar-refractivity contribution >= 4 is 39.6 Å². The minimum atomic E-state index is -0.671. The van der Waals surface area contributed by atoms with Crippen LogP contribution in [-0.2, 0) is 22.6 Å². The Bertz CT molecular complexity index is 1080. The first-order valence-electron chi connectivity index (χ1n) is 12.3. The van der Waals surface area contributed by atoms with Crippen LogP contribution in [0.15, 0.2) is 17.5 Å². The lowest BCUT2D eigenvalue weighted by Crippen LogP contribution is -2.57. The maximum absolute atomic E-state index is 13.1. The Morgan fingerprint density at radius 2 is 2.03 bits per heavy atom. The highest BCUT2D eigenvalue weighted by atomic mass is 32.1. The number of aromatic nitrogens is 1. The van der Waals surface area contributed by atoms with Gasteiger partial charge in [-0.25, -0.2) is 4.98 Å². The van der Waals surface area contributed by atoms with E-state index in [1.165, 1.54) is 11.3 Å². The number of nitrogens with one attached hydrogen (secondary N) is 2. The molecule has 0 spiro atoms. The highest BCUT2D eigenvalue weighted by molar-refractivity contribution is 7.15. The van der Waals surface area contributed by atoms with Gasteiger partial charge in [0, 0.05) is 32.9 Å².